The summed E-state index contributed by atoms with van der Waals surface area (Å²) in [5.74, 6) is 4.27. The molecular formula is C5H11N3O2S. The summed E-state index contributed by atoms with van der Waals surface area (Å²) < 4.78 is 0. The average Bonchev–Trinajstić information content (AvgIpc) is 1.98. The minimum atomic E-state index is -1.11. The van der Waals surface area contributed by atoms with E-state index in [-0.39, 0.29) is 0 Å². The standard InChI is InChI=1S/C5H11N3O2S/c1-11-2-3(8-7)4(6)5(9)10/h4H,2,6-7H2,1H3,(H,9,10)/b8-3+. The molecule has 11 heavy (non-hydrogen) atoms. The molecule has 0 radical (unpaired) electrons. The van der Waals surface area contributed by atoms with Crippen LogP contribution in [0.4, 0.5) is 0 Å². The second-order valence-electron chi connectivity index (χ2n) is 1.87. The van der Waals surface area contributed by atoms with Crippen molar-refractivity contribution in [2.24, 2.45) is 16.7 Å². The van der Waals surface area contributed by atoms with Gasteiger partial charge in [-0.25, -0.2) is 0 Å². The fourth-order valence-corrected chi connectivity index (χ4v) is 1.05. The van der Waals surface area contributed by atoms with Gasteiger partial charge < -0.3 is 16.7 Å². The van der Waals surface area contributed by atoms with Gasteiger partial charge in [-0.2, -0.15) is 16.9 Å². The summed E-state index contributed by atoms with van der Waals surface area (Å²) in [6.45, 7) is 0. The Morgan fingerprint density at radius 3 is 2.64 bits per heavy atom. The Morgan fingerprint density at radius 2 is 2.36 bits per heavy atom. The van der Waals surface area contributed by atoms with E-state index in [2.05, 4.69) is 5.10 Å². The SMILES string of the molecule is CSC/C(=N\N)C(N)C(=O)O. The number of carboxylic acid groups (broad SMARTS) is 1. The second kappa shape index (κ2) is 4.97. The minimum absolute atomic E-state index is 0.296. The Bertz CT molecular complexity index is 171. The summed E-state index contributed by atoms with van der Waals surface area (Å²) in [4.78, 5) is 10.3. The van der Waals surface area contributed by atoms with Crippen LogP contribution in [0.25, 0.3) is 0 Å². The van der Waals surface area contributed by atoms with Gasteiger partial charge in [0.25, 0.3) is 0 Å². The van der Waals surface area contributed by atoms with Crippen LogP contribution in [0.2, 0.25) is 0 Å². The highest BCUT2D eigenvalue weighted by Gasteiger charge is 2.17. The van der Waals surface area contributed by atoms with Crippen molar-refractivity contribution in [3.8, 4) is 0 Å². The minimum Gasteiger partial charge on any atom is -0.480 e. The van der Waals surface area contributed by atoms with E-state index >= 15 is 0 Å². The molecule has 0 fully saturated rings. The number of thioether (sulfide) groups is 1. The first-order chi connectivity index (χ1) is 5.13. The van der Waals surface area contributed by atoms with Crippen molar-refractivity contribution < 1.29 is 9.90 Å². The molecule has 0 aliphatic rings. The second-order valence-corrected chi connectivity index (χ2v) is 2.74. The van der Waals surface area contributed by atoms with Crippen LogP contribution in [-0.2, 0) is 4.79 Å². The van der Waals surface area contributed by atoms with Crippen molar-refractivity contribution in [1.82, 2.24) is 0 Å². The maximum absolute atomic E-state index is 10.3. The molecule has 0 aromatic heterocycles. The lowest BCUT2D eigenvalue weighted by Gasteiger charge is -2.06. The fourth-order valence-electron chi connectivity index (χ4n) is 0.498. The molecule has 0 aliphatic heterocycles. The molecule has 0 amide bonds. The first-order valence-electron chi connectivity index (χ1n) is 2.87. The topological polar surface area (TPSA) is 102 Å². The number of carbonyl (C=O) groups is 1. The van der Waals surface area contributed by atoms with Crippen LogP contribution < -0.4 is 11.6 Å². The van der Waals surface area contributed by atoms with Crippen LogP contribution in [0.5, 0.6) is 0 Å². The molecule has 0 bridgehead atoms. The van der Waals surface area contributed by atoms with Crippen LogP contribution in [-0.4, -0.2) is 34.8 Å². The number of nitrogens with two attached hydrogens (primary N) is 2. The third-order valence-electron chi connectivity index (χ3n) is 1.08. The van der Waals surface area contributed by atoms with Crippen LogP contribution in [0, 0.1) is 0 Å². The van der Waals surface area contributed by atoms with Crippen molar-refractivity contribution in [2.45, 2.75) is 6.04 Å². The molecule has 0 aliphatic carbocycles. The predicted octanol–water partition coefficient (Wildman–Crippen LogP) is -0.924. The van der Waals surface area contributed by atoms with Crippen molar-refractivity contribution in [3.63, 3.8) is 0 Å². The summed E-state index contributed by atoms with van der Waals surface area (Å²) in [5.41, 5.74) is 5.53. The third-order valence-corrected chi connectivity index (χ3v) is 1.67. The monoisotopic (exact) mass is 177 g/mol. The molecule has 0 saturated heterocycles. The molecule has 0 spiro atoms. The number of hydrazone groups is 1. The number of rotatable bonds is 4. The average molecular weight is 177 g/mol. The maximum atomic E-state index is 10.3. The van der Waals surface area contributed by atoms with Crippen LogP contribution in [0.1, 0.15) is 0 Å². The van der Waals surface area contributed by atoms with Gasteiger partial charge in [0.15, 0.2) is 0 Å². The molecule has 0 heterocycles. The summed E-state index contributed by atoms with van der Waals surface area (Å²) in [6, 6.07) is -1.08. The molecule has 6 heteroatoms. The van der Waals surface area contributed by atoms with E-state index in [9.17, 15) is 4.79 Å². The van der Waals surface area contributed by atoms with E-state index in [1.807, 2.05) is 6.26 Å². The third kappa shape index (κ3) is 3.24. The largest absolute Gasteiger partial charge is 0.480 e. The molecule has 0 aromatic rings. The molecule has 1 atom stereocenters. The number of nitrogens with zero attached hydrogens (tertiary/aromatic N) is 1. The normalized spacial score (nSPS) is 14.5. The van der Waals surface area contributed by atoms with Crippen molar-refractivity contribution in [1.29, 1.82) is 0 Å². The number of carboxylic acids is 1. The summed E-state index contributed by atoms with van der Waals surface area (Å²) in [7, 11) is 0. The van der Waals surface area contributed by atoms with Gasteiger partial charge in [0, 0.05) is 5.75 Å². The smallest absolute Gasteiger partial charge is 0.326 e. The van der Waals surface area contributed by atoms with E-state index in [1.165, 1.54) is 11.8 Å². The highest BCUT2D eigenvalue weighted by atomic mass is 32.2. The lowest BCUT2D eigenvalue weighted by atomic mass is 10.2. The molecule has 0 aromatic carbocycles. The van der Waals surface area contributed by atoms with E-state index in [0.29, 0.717) is 11.5 Å². The molecule has 1 unspecified atom stereocenters. The number of hydrogen-bond acceptors (Lipinski definition) is 5. The van der Waals surface area contributed by atoms with Gasteiger partial charge in [-0.3, -0.25) is 4.79 Å². The van der Waals surface area contributed by atoms with E-state index in [1.54, 1.807) is 0 Å². The first kappa shape index (κ1) is 10.2. The summed E-state index contributed by atoms with van der Waals surface area (Å²) >= 11 is 1.43. The molecular weight excluding hydrogens is 166 g/mol. The van der Waals surface area contributed by atoms with Crippen molar-refractivity contribution in [3.05, 3.63) is 0 Å². The predicted molar refractivity (Wildman–Crippen MR) is 45.6 cm³/mol. The Labute approximate surface area is 68.8 Å². The van der Waals surface area contributed by atoms with Crippen LogP contribution >= 0.6 is 11.8 Å². The Kier molecular flexibility index (Phi) is 4.64. The summed E-state index contributed by atoms with van der Waals surface area (Å²) in [6.07, 6.45) is 1.82. The fraction of sp³-hybridized carbons (Fsp3) is 0.600. The van der Waals surface area contributed by atoms with Crippen LogP contribution in [0.15, 0.2) is 5.10 Å². The molecule has 64 valence electrons. The zero-order valence-electron chi connectivity index (χ0n) is 6.15. The van der Waals surface area contributed by atoms with Gasteiger partial charge in [0.2, 0.25) is 0 Å². The molecule has 5 nitrogen and oxygen atoms in total. The quantitative estimate of drug-likeness (QED) is 0.293. The van der Waals surface area contributed by atoms with Gasteiger partial charge in [-0.05, 0) is 6.26 Å². The van der Waals surface area contributed by atoms with E-state index in [0.717, 1.165) is 0 Å². The van der Waals surface area contributed by atoms with Gasteiger partial charge in [-0.1, -0.05) is 0 Å². The maximum Gasteiger partial charge on any atom is 0.326 e. The van der Waals surface area contributed by atoms with Gasteiger partial charge >= 0.3 is 5.97 Å². The molecule has 0 rings (SSSR count). The van der Waals surface area contributed by atoms with E-state index in [4.69, 9.17) is 16.7 Å². The lowest BCUT2D eigenvalue weighted by molar-refractivity contribution is -0.136. The lowest BCUT2D eigenvalue weighted by Crippen LogP contribution is -2.40. The molecule has 0 saturated carbocycles. The Hall–Kier alpha value is -0.750. The van der Waals surface area contributed by atoms with Crippen LogP contribution in [0.3, 0.4) is 0 Å². The van der Waals surface area contributed by atoms with Gasteiger partial charge in [0.1, 0.15) is 6.04 Å². The number of hydrogen-bond donors (Lipinski definition) is 3. The zero-order chi connectivity index (χ0) is 8.85. The highest BCUT2D eigenvalue weighted by molar-refractivity contribution is 7.99. The van der Waals surface area contributed by atoms with Gasteiger partial charge in [0.05, 0.1) is 5.71 Å². The molecule has 5 N–H and O–H groups in total. The summed E-state index contributed by atoms with van der Waals surface area (Å²) in [5, 5.41) is 11.7. The number of aliphatic carboxylic acids is 1. The van der Waals surface area contributed by atoms with Crippen molar-refractivity contribution in [2.75, 3.05) is 12.0 Å². The van der Waals surface area contributed by atoms with E-state index < -0.39 is 12.0 Å². The first-order valence-corrected chi connectivity index (χ1v) is 4.26. The zero-order valence-corrected chi connectivity index (χ0v) is 6.97. The van der Waals surface area contributed by atoms with Crippen molar-refractivity contribution >= 4 is 23.4 Å². The Morgan fingerprint density at radius 1 is 1.82 bits per heavy atom. The van der Waals surface area contributed by atoms with Gasteiger partial charge in [-0.15, -0.1) is 0 Å². The highest BCUT2D eigenvalue weighted by Crippen LogP contribution is 1.96. The Balaban J connectivity index is 4.15.